The van der Waals surface area contributed by atoms with E-state index in [0.717, 1.165) is 17.8 Å². The lowest BCUT2D eigenvalue weighted by atomic mass is 10.3. The second-order valence-corrected chi connectivity index (χ2v) is 7.52. The number of hydrogen-bond donors (Lipinski definition) is 0. The van der Waals surface area contributed by atoms with Crippen molar-refractivity contribution >= 4 is 10.0 Å². The van der Waals surface area contributed by atoms with Crippen LogP contribution in [-0.2, 0) is 10.0 Å². The zero-order chi connectivity index (χ0) is 17.3. The number of aromatic nitrogens is 1. The van der Waals surface area contributed by atoms with Crippen LogP contribution in [0.5, 0.6) is 5.88 Å². The minimum atomic E-state index is -3.89. The second kappa shape index (κ2) is 6.45. The van der Waals surface area contributed by atoms with Crippen LogP contribution in [0.4, 0.5) is 8.78 Å². The first-order valence-corrected chi connectivity index (χ1v) is 8.86. The van der Waals surface area contributed by atoms with Gasteiger partial charge < -0.3 is 4.74 Å². The third-order valence-electron chi connectivity index (χ3n) is 3.79. The van der Waals surface area contributed by atoms with Crippen LogP contribution in [0.15, 0.2) is 41.3 Å². The van der Waals surface area contributed by atoms with E-state index in [1.54, 1.807) is 6.07 Å². The van der Waals surface area contributed by atoms with Gasteiger partial charge in [-0.1, -0.05) is 6.07 Å². The summed E-state index contributed by atoms with van der Waals surface area (Å²) in [7, 11) is -3.89. The third kappa shape index (κ3) is 3.39. The van der Waals surface area contributed by atoms with Crippen molar-refractivity contribution in [3.63, 3.8) is 0 Å². The van der Waals surface area contributed by atoms with Gasteiger partial charge in [0.25, 0.3) is 0 Å². The smallest absolute Gasteiger partial charge is 0.243 e. The van der Waals surface area contributed by atoms with Crippen LogP contribution in [-0.4, -0.2) is 36.9 Å². The topological polar surface area (TPSA) is 59.5 Å². The van der Waals surface area contributed by atoms with Crippen LogP contribution >= 0.6 is 0 Å². The molecular formula is C16H16F2N2O3S. The maximum atomic E-state index is 13.3. The van der Waals surface area contributed by atoms with E-state index in [0.29, 0.717) is 18.4 Å². The highest BCUT2D eigenvalue weighted by Crippen LogP contribution is 2.24. The number of nitrogens with zero attached hydrogens (tertiary/aromatic N) is 2. The molecule has 0 spiro atoms. The number of benzene rings is 1. The Morgan fingerprint density at radius 3 is 2.71 bits per heavy atom. The van der Waals surface area contributed by atoms with Gasteiger partial charge in [-0.3, -0.25) is 0 Å². The standard InChI is InChI=1S/C16H16F2N2O3S/c1-11-3-2-4-16(19-11)23-12-7-8-20(10-12)24(21,22)13-5-6-14(17)15(18)9-13/h2-6,9,12H,7-8,10H2,1H3. The van der Waals surface area contributed by atoms with Crippen molar-refractivity contribution in [3.05, 3.63) is 53.7 Å². The maximum absolute atomic E-state index is 13.3. The summed E-state index contributed by atoms with van der Waals surface area (Å²) in [6.45, 7) is 2.22. The van der Waals surface area contributed by atoms with E-state index in [4.69, 9.17) is 4.74 Å². The number of ether oxygens (including phenoxy) is 1. The predicted octanol–water partition coefficient (Wildman–Crippen LogP) is 2.51. The highest BCUT2D eigenvalue weighted by molar-refractivity contribution is 7.89. The maximum Gasteiger partial charge on any atom is 0.243 e. The largest absolute Gasteiger partial charge is 0.473 e. The van der Waals surface area contributed by atoms with Crippen LogP contribution in [0, 0.1) is 18.6 Å². The summed E-state index contributed by atoms with van der Waals surface area (Å²) in [5.74, 6) is -1.83. The molecule has 5 nitrogen and oxygen atoms in total. The Labute approximate surface area is 138 Å². The number of halogens is 2. The van der Waals surface area contributed by atoms with Crippen LogP contribution in [0.2, 0.25) is 0 Å². The summed E-state index contributed by atoms with van der Waals surface area (Å²) in [5.41, 5.74) is 0.803. The van der Waals surface area contributed by atoms with E-state index in [-0.39, 0.29) is 24.1 Å². The summed E-state index contributed by atoms with van der Waals surface area (Å²) in [4.78, 5) is 3.95. The molecule has 2 aromatic rings. The average Bonchev–Trinajstić information content (AvgIpc) is 2.99. The van der Waals surface area contributed by atoms with E-state index in [1.165, 1.54) is 4.31 Å². The number of rotatable bonds is 4. The van der Waals surface area contributed by atoms with E-state index in [9.17, 15) is 17.2 Å². The fraction of sp³-hybridized carbons (Fsp3) is 0.312. The normalized spacial score (nSPS) is 18.7. The Bertz CT molecular complexity index is 858. The second-order valence-electron chi connectivity index (χ2n) is 5.58. The predicted molar refractivity (Wildman–Crippen MR) is 83.1 cm³/mol. The van der Waals surface area contributed by atoms with Gasteiger partial charge in [-0.25, -0.2) is 22.2 Å². The van der Waals surface area contributed by atoms with Gasteiger partial charge in [0.05, 0.1) is 11.4 Å². The fourth-order valence-corrected chi connectivity index (χ4v) is 4.05. The molecule has 1 aliphatic heterocycles. The quantitative estimate of drug-likeness (QED) is 0.847. The number of aryl methyl sites for hydroxylation is 1. The van der Waals surface area contributed by atoms with Gasteiger partial charge in [-0.15, -0.1) is 0 Å². The molecular weight excluding hydrogens is 338 g/mol. The molecule has 1 atom stereocenters. The van der Waals surface area contributed by atoms with Gasteiger partial charge >= 0.3 is 0 Å². The molecule has 0 saturated carbocycles. The fourth-order valence-electron chi connectivity index (χ4n) is 2.55. The summed E-state index contributed by atoms with van der Waals surface area (Å²) in [5, 5.41) is 0. The zero-order valence-corrected chi connectivity index (χ0v) is 13.8. The van der Waals surface area contributed by atoms with Gasteiger partial charge in [-0.2, -0.15) is 4.31 Å². The van der Waals surface area contributed by atoms with E-state index in [1.807, 2.05) is 19.1 Å². The first-order valence-electron chi connectivity index (χ1n) is 7.42. The van der Waals surface area contributed by atoms with Crippen molar-refractivity contribution in [3.8, 4) is 5.88 Å². The summed E-state index contributed by atoms with van der Waals surface area (Å²) in [6, 6.07) is 7.91. The molecule has 128 valence electrons. The Kier molecular flexibility index (Phi) is 4.51. The molecule has 0 aliphatic carbocycles. The van der Waals surface area contributed by atoms with Gasteiger partial charge in [-0.05, 0) is 37.6 Å². The molecule has 0 N–H and O–H groups in total. The van der Waals surface area contributed by atoms with Gasteiger partial charge in [0, 0.05) is 18.3 Å². The molecule has 1 saturated heterocycles. The molecule has 1 fully saturated rings. The Morgan fingerprint density at radius 2 is 2.00 bits per heavy atom. The average molecular weight is 354 g/mol. The van der Waals surface area contributed by atoms with Gasteiger partial charge in [0.15, 0.2) is 11.6 Å². The lowest BCUT2D eigenvalue weighted by Gasteiger charge is -2.17. The Morgan fingerprint density at radius 1 is 1.21 bits per heavy atom. The zero-order valence-electron chi connectivity index (χ0n) is 12.9. The molecule has 1 aromatic carbocycles. The molecule has 0 bridgehead atoms. The minimum Gasteiger partial charge on any atom is -0.473 e. The molecule has 0 amide bonds. The first-order chi connectivity index (χ1) is 11.4. The Balaban J connectivity index is 1.73. The molecule has 1 aliphatic rings. The number of pyridine rings is 1. The molecule has 3 rings (SSSR count). The monoisotopic (exact) mass is 354 g/mol. The molecule has 24 heavy (non-hydrogen) atoms. The minimum absolute atomic E-state index is 0.136. The third-order valence-corrected chi connectivity index (χ3v) is 5.65. The highest BCUT2D eigenvalue weighted by Gasteiger charge is 2.34. The van der Waals surface area contributed by atoms with Crippen LogP contribution in [0.3, 0.4) is 0 Å². The summed E-state index contributed by atoms with van der Waals surface area (Å²) < 4.78 is 58.2. The lowest BCUT2D eigenvalue weighted by Crippen LogP contribution is -2.31. The van der Waals surface area contributed by atoms with Crippen molar-refractivity contribution in [2.75, 3.05) is 13.1 Å². The van der Waals surface area contributed by atoms with Crippen LogP contribution < -0.4 is 4.74 Å². The molecule has 1 unspecified atom stereocenters. The number of sulfonamides is 1. The van der Waals surface area contributed by atoms with Crippen molar-refractivity contribution in [1.29, 1.82) is 0 Å². The van der Waals surface area contributed by atoms with Gasteiger partial charge in [0.1, 0.15) is 6.10 Å². The molecule has 0 radical (unpaired) electrons. The van der Waals surface area contributed by atoms with Gasteiger partial charge in [0.2, 0.25) is 15.9 Å². The highest BCUT2D eigenvalue weighted by atomic mass is 32.2. The van der Waals surface area contributed by atoms with Crippen molar-refractivity contribution in [1.82, 2.24) is 9.29 Å². The van der Waals surface area contributed by atoms with E-state index in [2.05, 4.69) is 4.98 Å². The van der Waals surface area contributed by atoms with Crippen LogP contribution in [0.25, 0.3) is 0 Å². The summed E-state index contributed by atoms with van der Waals surface area (Å²) in [6.07, 6.45) is 0.165. The molecule has 2 heterocycles. The Hall–Kier alpha value is -2.06. The molecule has 1 aromatic heterocycles. The van der Waals surface area contributed by atoms with E-state index >= 15 is 0 Å². The molecule has 8 heteroatoms. The first kappa shape index (κ1) is 16.8. The van der Waals surface area contributed by atoms with Crippen molar-refractivity contribution in [2.45, 2.75) is 24.3 Å². The van der Waals surface area contributed by atoms with E-state index < -0.39 is 21.7 Å². The van der Waals surface area contributed by atoms with Crippen molar-refractivity contribution in [2.24, 2.45) is 0 Å². The summed E-state index contributed by atoms with van der Waals surface area (Å²) >= 11 is 0. The SMILES string of the molecule is Cc1cccc(OC2CCN(S(=O)(=O)c3ccc(F)c(F)c3)C2)n1. The van der Waals surface area contributed by atoms with Crippen molar-refractivity contribution < 1.29 is 21.9 Å². The van der Waals surface area contributed by atoms with Crippen LogP contribution in [0.1, 0.15) is 12.1 Å². The lowest BCUT2D eigenvalue weighted by molar-refractivity contribution is 0.206. The number of hydrogen-bond acceptors (Lipinski definition) is 4.